The summed E-state index contributed by atoms with van der Waals surface area (Å²) in [6.45, 7) is -0.396. The molecule has 0 N–H and O–H groups in total. The zero-order valence-electron chi connectivity index (χ0n) is 15.0. The molecular weight excluding hydrogens is 426 g/mol. The first-order valence-electron chi connectivity index (χ1n) is 8.27. The second-order valence-corrected chi connectivity index (χ2v) is 6.23. The Kier molecular flexibility index (Phi) is 7.05. The van der Waals surface area contributed by atoms with Gasteiger partial charge in [0.25, 0.3) is 0 Å². The fourth-order valence-electron chi connectivity index (χ4n) is 2.63. The number of hydrogen-bond acceptors (Lipinski definition) is 3. The molecule has 0 aliphatic carbocycles. The van der Waals surface area contributed by atoms with Crippen LogP contribution in [0.3, 0.4) is 0 Å². The Morgan fingerprint density at radius 2 is 1.69 bits per heavy atom. The van der Waals surface area contributed by atoms with Crippen LogP contribution in [0.4, 0.5) is 26.3 Å². The quantitative estimate of drug-likeness (QED) is 0.404. The molecule has 2 aromatic rings. The van der Waals surface area contributed by atoms with E-state index in [9.17, 15) is 31.1 Å². The van der Waals surface area contributed by atoms with Crippen LogP contribution in [0.1, 0.15) is 18.1 Å². The van der Waals surface area contributed by atoms with E-state index in [0.717, 1.165) is 6.07 Å². The van der Waals surface area contributed by atoms with Crippen molar-refractivity contribution in [3.63, 3.8) is 0 Å². The van der Waals surface area contributed by atoms with Gasteiger partial charge in [-0.2, -0.15) is 26.3 Å². The van der Waals surface area contributed by atoms with E-state index >= 15 is 0 Å². The van der Waals surface area contributed by atoms with Crippen molar-refractivity contribution >= 4 is 17.6 Å². The molecule has 3 nitrogen and oxygen atoms in total. The number of alkyl halides is 6. The predicted octanol–water partition coefficient (Wildman–Crippen LogP) is 6.07. The van der Waals surface area contributed by atoms with Crippen LogP contribution < -0.4 is 4.74 Å². The van der Waals surface area contributed by atoms with Crippen molar-refractivity contribution < 1.29 is 40.6 Å². The van der Waals surface area contributed by atoms with Crippen molar-refractivity contribution in [2.24, 2.45) is 0 Å². The summed E-state index contributed by atoms with van der Waals surface area (Å²) in [4.78, 5) is 11.8. The van der Waals surface area contributed by atoms with Gasteiger partial charge in [0.15, 0.2) is 6.61 Å². The maximum atomic E-state index is 13.6. The number of carbonyl (C=O) groups is 1. The minimum absolute atomic E-state index is 0.0494. The van der Waals surface area contributed by atoms with Gasteiger partial charge >= 0.3 is 18.3 Å². The average molecular weight is 441 g/mol. The molecule has 10 heteroatoms. The number of halogens is 7. The third-order valence-electron chi connectivity index (χ3n) is 3.69. The van der Waals surface area contributed by atoms with Crippen molar-refractivity contribution in [3.05, 3.63) is 52.5 Å². The largest absolute Gasteiger partial charge is 0.482 e. The van der Waals surface area contributed by atoms with Crippen molar-refractivity contribution in [3.8, 4) is 16.9 Å². The van der Waals surface area contributed by atoms with E-state index in [4.69, 9.17) is 16.3 Å². The van der Waals surface area contributed by atoms with Crippen LogP contribution >= 0.6 is 11.6 Å². The first-order chi connectivity index (χ1) is 13.4. The smallest absolute Gasteiger partial charge is 0.422 e. The van der Waals surface area contributed by atoms with Crippen molar-refractivity contribution in [2.45, 2.75) is 25.7 Å². The minimum Gasteiger partial charge on any atom is -0.482 e. The molecule has 0 aromatic heterocycles. The monoisotopic (exact) mass is 440 g/mol. The summed E-state index contributed by atoms with van der Waals surface area (Å²) >= 11 is 5.88. The molecule has 0 saturated carbocycles. The van der Waals surface area contributed by atoms with Crippen molar-refractivity contribution in [2.75, 3.05) is 13.2 Å². The molecule has 0 unspecified atom stereocenters. The summed E-state index contributed by atoms with van der Waals surface area (Å²) in [6, 6.07) is 8.58. The molecule has 0 heterocycles. The van der Waals surface area contributed by atoms with E-state index < -0.39 is 53.2 Å². The second kappa shape index (κ2) is 8.94. The summed E-state index contributed by atoms with van der Waals surface area (Å²) in [6.07, 6.45) is -10.6. The Morgan fingerprint density at radius 3 is 2.21 bits per heavy atom. The van der Waals surface area contributed by atoms with E-state index in [0.29, 0.717) is 0 Å². The van der Waals surface area contributed by atoms with Crippen molar-refractivity contribution in [1.29, 1.82) is 0 Å². The second-order valence-electron chi connectivity index (χ2n) is 5.85. The van der Waals surface area contributed by atoms with Gasteiger partial charge < -0.3 is 9.47 Å². The van der Waals surface area contributed by atoms with Gasteiger partial charge in [0.2, 0.25) is 0 Å². The molecule has 0 atom stereocenters. The lowest BCUT2D eigenvalue weighted by molar-refractivity contribution is -0.153. The van der Waals surface area contributed by atoms with Crippen LogP contribution in [-0.2, 0) is 22.1 Å². The summed E-state index contributed by atoms with van der Waals surface area (Å²) in [5.74, 6) is -1.70. The Morgan fingerprint density at radius 1 is 1.07 bits per heavy atom. The maximum Gasteiger partial charge on any atom is 0.422 e. The first-order valence-corrected chi connectivity index (χ1v) is 8.65. The highest BCUT2D eigenvalue weighted by Gasteiger charge is 2.40. The number of esters is 1. The zero-order valence-corrected chi connectivity index (χ0v) is 15.7. The van der Waals surface area contributed by atoms with Gasteiger partial charge in [0.1, 0.15) is 5.75 Å². The van der Waals surface area contributed by atoms with Crippen LogP contribution in [0.25, 0.3) is 11.1 Å². The Labute approximate surface area is 167 Å². The third-order valence-corrected chi connectivity index (χ3v) is 4.05. The Hall–Kier alpha value is -2.42. The highest BCUT2D eigenvalue weighted by atomic mass is 35.5. The molecule has 2 rings (SSSR count). The molecule has 158 valence electrons. The number of carbonyl (C=O) groups excluding carboxylic acids is 1. The lowest BCUT2D eigenvalue weighted by Gasteiger charge is -2.21. The molecule has 2 aromatic carbocycles. The minimum atomic E-state index is -5.04. The van der Waals surface area contributed by atoms with Gasteiger partial charge in [-0.15, -0.1) is 0 Å². The number of benzene rings is 2. The van der Waals surface area contributed by atoms with E-state index in [2.05, 4.69) is 4.74 Å². The Bertz CT molecular complexity index is 863. The molecule has 29 heavy (non-hydrogen) atoms. The van der Waals surface area contributed by atoms with E-state index in [1.54, 1.807) is 18.2 Å². The van der Waals surface area contributed by atoms with E-state index in [1.807, 2.05) is 0 Å². The van der Waals surface area contributed by atoms with Gasteiger partial charge in [0.05, 0.1) is 23.6 Å². The van der Waals surface area contributed by atoms with Crippen LogP contribution in [0.2, 0.25) is 5.02 Å². The fourth-order valence-corrected chi connectivity index (χ4v) is 3.01. The standard InChI is InChI=1S/C19H15ClF6O3/c1-2-28-14(27)9-12-8-13(11-6-4-3-5-7-11)17(29-10-18(21,22)23)16(20)15(12)19(24,25)26/h3-8H,2,9-10H2,1H3. The first kappa shape index (κ1) is 22.9. The van der Waals surface area contributed by atoms with Gasteiger partial charge in [-0.3, -0.25) is 4.79 Å². The highest BCUT2D eigenvalue weighted by Crippen LogP contribution is 2.47. The van der Waals surface area contributed by atoms with Crippen molar-refractivity contribution in [1.82, 2.24) is 0 Å². The SMILES string of the molecule is CCOC(=O)Cc1cc(-c2ccccc2)c(OCC(F)(F)F)c(Cl)c1C(F)(F)F. The van der Waals surface area contributed by atoms with Crippen LogP contribution in [0, 0.1) is 0 Å². The molecule has 0 bridgehead atoms. The van der Waals surface area contributed by atoms with E-state index in [1.165, 1.54) is 19.1 Å². The summed E-state index contributed by atoms with van der Waals surface area (Å²) in [5.41, 5.74) is -1.80. The van der Waals surface area contributed by atoms with Crippen LogP contribution in [-0.4, -0.2) is 25.4 Å². The fraction of sp³-hybridized carbons (Fsp3) is 0.316. The number of ether oxygens (including phenoxy) is 2. The zero-order chi connectivity index (χ0) is 21.8. The lowest BCUT2D eigenvalue weighted by Crippen LogP contribution is -2.21. The van der Waals surface area contributed by atoms with Crippen LogP contribution in [0.5, 0.6) is 5.75 Å². The summed E-state index contributed by atoms with van der Waals surface area (Å²) < 4.78 is 88.1. The molecule has 0 radical (unpaired) electrons. The molecule has 0 fully saturated rings. The van der Waals surface area contributed by atoms with Gasteiger partial charge in [0, 0.05) is 5.56 Å². The molecular formula is C19H15ClF6O3. The molecule has 0 aliphatic heterocycles. The normalized spacial score (nSPS) is 12.0. The highest BCUT2D eigenvalue weighted by molar-refractivity contribution is 6.33. The van der Waals surface area contributed by atoms with Gasteiger partial charge in [-0.1, -0.05) is 41.9 Å². The van der Waals surface area contributed by atoms with Gasteiger partial charge in [-0.25, -0.2) is 0 Å². The topological polar surface area (TPSA) is 35.5 Å². The van der Waals surface area contributed by atoms with Gasteiger partial charge in [-0.05, 0) is 24.1 Å². The predicted molar refractivity (Wildman–Crippen MR) is 93.8 cm³/mol. The number of rotatable bonds is 6. The van der Waals surface area contributed by atoms with Crippen LogP contribution in [0.15, 0.2) is 36.4 Å². The molecule has 0 saturated heterocycles. The third kappa shape index (κ3) is 6.03. The lowest BCUT2D eigenvalue weighted by atomic mass is 9.95. The average Bonchev–Trinajstić information content (AvgIpc) is 2.59. The molecule has 0 aliphatic rings. The Balaban J connectivity index is 2.71. The molecule has 0 amide bonds. The number of hydrogen-bond donors (Lipinski definition) is 0. The molecule has 0 spiro atoms. The summed E-state index contributed by atoms with van der Waals surface area (Å²) in [7, 11) is 0. The summed E-state index contributed by atoms with van der Waals surface area (Å²) in [5, 5.41) is -1.05. The maximum absolute atomic E-state index is 13.6. The van der Waals surface area contributed by atoms with E-state index in [-0.39, 0.29) is 17.7 Å².